The number of nitrogens with zero attached hydrogens (tertiary/aromatic N) is 1. The van der Waals surface area contributed by atoms with Crippen LogP contribution in [0, 0.1) is 5.92 Å². The summed E-state index contributed by atoms with van der Waals surface area (Å²) in [6.07, 6.45) is 46.2. The van der Waals surface area contributed by atoms with Gasteiger partial charge in [0.05, 0.1) is 52.8 Å². The Labute approximate surface area is 343 Å². The summed E-state index contributed by atoms with van der Waals surface area (Å²) in [6, 6.07) is 0. The van der Waals surface area contributed by atoms with Gasteiger partial charge in [-0.2, -0.15) is 0 Å². The van der Waals surface area contributed by atoms with Crippen LogP contribution in [0.15, 0.2) is 60.8 Å². The number of rotatable bonds is 39. The van der Waals surface area contributed by atoms with E-state index < -0.39 is 18.0 Å². The number of carbonyl (C=O) groups is 3. The zero-order valence-corrected chi connectivity index (χ0v) is 36.5. The number of hydrogen-bond acceptors (Lipinski definition) is 7. The molecule has 0 spiro atoms. The fourth-order valence-electron chi connectivity index (χ4n) is 6.14. The van der Waals surface area contributed by atoms with Gasteiger partial charge in [-0.1, -0.05) is 139 Å². The second kappa shape index (κ2) is 38.9. The normalized spacial score (nSPS) is 13.5. The number of carboxylic acid groups (broad SMARTS) is 1. The molecule has 0 aliphatic carbocycles. The molecule has 0 aromatic heterocycles. The molecule has 0 amide bonds. The monoisotopic (exact) mass is 786 g/mol. The summed E-state index contributed by atoms with van der Waals surface area (Å²) in [4.78, 5) is 36.9. The van der Waals surface area contributed by atoms with Crippen molar-refractivity contribution in [2.45, 2.75) is 174 Å². The van der Waals surface area contributed by atoms with Crippen molar-refractivity contribution in [3.05, 3.63) is 60.8 Å². The van der Waals surface area contributed by atoms with Gasteiger partial charge >= 0.3 is 11.9 Å². The summed E-state index contributed by atoms with van der Waals surface area (Å²) >= 11 is 0. The Kier molecular flexibility index (Phi) is 36.8. The molecule has 56 heavy (non-hydrogen) atoms. The van der Waals surface area contributed by atoms with E-state index in [9.17, 15) is 19.5 Å². The fourth-order valence-corrected chi connectivity index (χ4v) is 6.14. The maximum absolute atomic E-state index is 12.7. The van der Waals surface area contributed by atoms with Crippen LogP contribution in [0.5, 0.6) is 0 Å². The highest BCUT2D eigenvalue weighted by Gasteiger charge is 2.22. The minimum absolute atomic E-state index is 0.0492. The maximum Gasteiger partial charge on any atom is 0.306 e. The lowest BCUT2D eigenvalue weighted by Crippen LogP contribution is -2.47. The molecule has 0 heterocycles. The number of allylic oxidation sites excluding steroid dienone is 10. The van der Waals surface area contributed by atoms with Crippen molar-refractivity contribution in [3.8, 4) is 0 Å². The third kappa shape index (κ3) is 39.3. The van der Waals surface area contributed by atoms with Gasteiger partial charge in [0.25, 0.3) is 0 Å². The van der Waals surface area contributed by atoms with Gasteiger partial charge in [-0.25, -0.2) is 0 Å². The van der Waals surface area contributed by atoms with E-state index in [1.165, 1.54) is 51.4 Å². The number of esters is 2. The number of ether oxygens (including phenoxy) is 3. The summed E-state index contributed by atoms with van der Waals surface area (Å²) in [7, 11) is 5.71. The number of quaternary nitrogens is 1. The Morgan fingerprint density at radius 1 is 0.536 bits per heavy atom. The predicted molar refractivity (Wildman–Crippen MR) is 231 cm³/mol. The number of carboxylic acids is 1. The molecule has 0 saturated carbocycles. The molecule has 0 radical (unpaired) electrons. The van der Waals surface area contributed by atoms with Gasteiger partial charge < -0.3 is 28.6 Å². The Bertz CT molecular complexity index is 1100. The number of carbonyl (C=O) groups excluding carboxylic acids is 3. The molecular formula is C48H83NO7. The second-order valence-corrected chi connectivity index (χ2v) is 16.1. The summed E-state index contributed by atoms with van der Waals surface area (Å²) in [5, 5.41) is 11.7. The Balaban J connectivity index is 4.41. The van der Waals surface area contributed by atoms with Crippen LogP contribution in [0.25, 0.3) is 0 Å². The lowest BCUT2D eigenvalue weighted by Gasteiger charge is -2.30. The lowest BCUT2D eigenvalue weighted by atomic mass is 10.1. The van der Waals surface area contributed by atoms with Crippen LogP contribution in [0.3, 0.4) is 0 Å². The summed E-state index contributed by atoms with van der Waals surface area (Å²) in [5.74, 6) is -2.67. The van der Waals surface area contributed by atoms with Gasteiger partial charge in [0.15, 0.2) is 6.10 Å². The molecule has 0 aliphatic heterocycles. The van der Waals surface area contributed by atoms with E-state index in [0.717, 1.165) is 89.9 Å². The molecule has 8 nitrogen and oxygen atoms in total. The summed E-state index contributed by atoms with van der Waals surface area (Å²) in [5.41, 5.74) is 0. The van der Waals surface area contributed by atoms with Crippen LogP contribution in [-0.4, -0.2) is 76.0 Å². The molecule has 0 saturated heterocycles. The molecule has 0 rings (SSSR count). The maximum atomic E-state index is 12.7. The van der Waals surface area contributed by atoms with Crippen LogP contribution >= 0.6 is 0 Å². The van der Waals surface area contributed by atoms with Gasteiger partial charge in [0.1, 0.15) is 6.61 Å². The van der Waals surface area contributed by atoms with E-state index in [2.05, 4.69) is 74.6 Å². The average molecular weight is 786 g/mol. The highest BCUT2D eigenvalue weighted by atomic mass is 16.6. The first-order valence-corrected chi connectivity index (χ1v) is 22.3. The van der Waals surface area contributed by atoms with Crippen LogP contribution in [0.1, 0.15) is 168 Å². The summed E-state index contributed by atoms with van der Waals surface area (Å²) < 4.78 is 17.3. The fraction of sp³-hybridized carbons (Fsp3) is 0.729. The second-order valence-electron chi connectivity index (χ2n) is 16.1. The van der Waals surface area contributed by atoms with Gasteiger partial charge in [-0.05, 0) is 77.0 Å². The number of hydrogen-bond donors (Lipinski definition) is 0. The third-order valence-electron chi connectivity index (χ3n) is 9.32. The van der Waals surface area contributed by atoms with Crippen molar-refractivity contribution in [2.75, 3.05) is 47.5 Å². The van der Waals surface area contributed by atoms with E-state index in [-0.39, 0.29) is 38.2 Å². The van der Waals surface area contributed by atoms with Crippen LogP contribution in [0.2, 0.25) is 0 Å². The molecule has 0 aromatic rings. The molecule has 1 unspecified atom stereocenters. The van der Waals surface area contributed by atoms with Crippen LogP contribution < -0.4 is 5.11 Å². The Morgan fingerprint density at radius 2 is 0.982 bits per heavy atom. The van der Waals surface area contributed by atoms with Crippen molar-refractivity contribution in [2.24, 2.45) is 5.92 Å². The quantitative estimate of drug-likeness (QED) is 0.0265. The summed E-state index contributed by atoms with van der Waals surface area (Å²) in [6.45, 7) is 4.49. The zero-order chi connectivity index (χ0) is 41.4. The van der Waals surface area contributed by atoms with Crippen molar-refractivity contribution in [1.82, 2.24) is 0 Å². The van der Waals surface area contributed by atoms with Crippen LogP contribution in [0.4, 0.5) is 0 Å². The van der Waals surface area contributed by atoms with Crippen molar-refractivity contribution < 1.29 is 38.2 Å². The first-order valence-electron chi connectivity index (χ1n) is 22.3. The Morgan fingerprint density at radius 3 is 1.48 bits per heavy atom. The van der Waals surface area contributed by atoms with Crippen LogP contribution in [-0.2, 0) is 28.6 Å². The highest BCUT2D eigenvalue weighted by molar-refractivity contribution is 5.70. The molecule has 2 atom stereocenters. The molecular weight excluding hydrogens is 703 g/mol. The van der Waals surface area contributed by atoms with E-state index in [0.29, 0.717) is 17.4 Å². The smallest absolute Gasteiger partial charge is 0.306 e. The molecule has 322 valence electrons. The molecule has 0 N–H and O–H groups in total. The predicted octanol–water partition coefficient (Wildman–Crippen LogP) is 10.7. The van der Waals surface area contributed by atoms with Gasteiger partial charge in [-0.3, -0.25) is 9.59 Å². The first-order chi connectivity index (χ1) is 27.1. The SMILES string of the molecule is CC/C=C\C/C=C\C/C=C\C/C=C\CCCCCCCCC(=O)O[C@@H](COCC(C[N+](C)(C)C)C(=O)[O-])COC(=O)CCCCCCC/C=C\CCCCCC. The molecule has 0 fully saturated rings. The minimum atomic E-state index is -1.18. The zero-order valence-electron chi connectivity index (χ0n) is 36.5. The van der Waals surface area contributed by atoms with E-state index in [1.54, 1.807) is 0 Å². The first kappa shape index (κ1) is 53.0. The topological polar surface area (TPSA) is 102 Å². The highest BCUT2D eigenvalue weighted by Crippen LogP contribution is 2.13. The average Bonchev–Trinajstić information content (AvgIpc) is 3.15. The molecule has 8 heteroatoms. The minimum Gasteiger partial charge on any atom is -0.550 e. The van der Waals surface area contributed by atoms with Gasteiger partial charge in [-0.15, -0.1) is 0 Å². The molecule has 0 aromatic carbocycles. The lowest BCUT2D eigenvalue weighted by molar-refractivity contribution is -0.873. The number of unbranched alkanes of at least 4 members (excludes halogenated alkanes) is 15. The van der Waals surface area contributed by atoms with Crippen molar-refractivity contribution in [3.63, 3.8) is 0 Å². The van der Waals surface area contributed by atoms with E-state index >= 15 is 0 Å². The number of aliphatic carboxylic acids is 1. The van der Waals surface area contributed by atoms with E-state index in [1.807, 2.05) is 21.1 Å². The standard InChI is InChI=1S/C48H83NO7/c1-6-8-10-12-14-16-18-20-21-22-23-24-25-27-29-31-33-35-37-39-47(51)56-45(42-54-41-44(48(52)53)40-49(3,4)5)43-55-46(50)38-36-34-32-30-28-26-19-17-15-13-11-9-7-2/h8,10,14,16-17,19-21,23-24,44-45H,6-7,9,11-13,15,18,22,25-43H2,1-5H3/b10-8-,16-14-,19-17-,21-20-,24-23-/t44?,45-/m0/s1. The van der Waals surface area contributed by atoms with Crippen molar-refractivity contribution in [1.29, 1.82) is 0 Å². The van der Waals surface area contributed by atoms with Gasteiger partial charge in [0.2, 0.25) is 0 Å². The largest absolute Gasteiger partial charge is 0.550 e. The third-order valence-corrected chi connectivity index (χ3v) is 9.32. The van der Waals surface area contributed by atoms with E-state index in [4.69, 9.17) is 14.2 Å². The molecule has 0 aliphatic rings. The van der Waals surface area contributed by atoms with Crippen molar-refractivity contribution >= 4 is 17.9 Å². The molecule has 0 bridgehead atoms. The Hall–Kier alpha value is -2.97. The van der Waals surface area contributed by atoms with Gasteiger partial charge in [0, 0.05) is 12.8 Å².